The molecule has 0 radical (unpaired) electrons. The average Bonchev–Trinajstić information content (AvgIpc) is 3.39. The lowest BCUT2D eigenvalue weighted by Gasteiger charge is -2.64. The quantitative estimate of drug-likeness (QED) is 0.463. The van der Waals surface area contributed by atoms with Gasteiger partial charge in [-0.25, -0.2) is 0 Å². The molecule has 4 aliphatic carbocycles. The van der Waals surface area contributed by atoms with Gasteiger partial charge in [0.25, 0.3) is 0 Å². The summed E-state index contributed by atoms with van der Waals surface area (Å²) in [5.74, 6) is -0.237. The molecule has 0 aromatic rings. The van der Waals surface area contributed by atoms with E-state index in [1.807, 2.05) is 6.08 Å². The van der Waals surface area contributed by atoms with Gasteiger partial charge in [0, 0.05) is 10.8 Å². The number of aliphatic hydroxyl groups is 1. The first kappa shape index (κ1) is 20.0. The molecule has 9 atom stereocenters. The molecular formula is C24H31ClO5. The van der Waals surface area contributed by atoms with E-state index in [0.29, 0.717) is 18.9 Å². The summed E-state index contributed by atoms with van der Waals surface area (Å²) in [5, 5.41) is 11.8. The van der Waals surface area contributed by atoms with Crippen LogP contribution in [0.1, 0.15) is 46.5 Å². The van der Waals surface area contributed by atoms with Gasteiger partial charge in [-0.2, -0.15) is 0 Å². The number of hydrogen-bond donors (Lipinski definition) is 1. The summed E-state index contributed by atoms with van der Waals surface area (Å²) in [5.41, 5.74) is 3.19. The molecule has 2 saturated heterocycles. The molecule has 6 rings (SSSR count). The summed E-state index contributed by atoms with van der Waals surface area (Å²) < 4.78 is 24.4. The van der Waals surface area contributed by atoms with E-state index in [9.17, 15) is 5.11 Å². The monoisotopic (exact) mass is 434 g/mol. The highest BCUT2D eigenvalue weighted by atomic mass is 35.5. The maximum Gasteiger partial charge on any atom is 0.227 e. The number of rotatable bonds is 0. The van der Waals surface area contributed by atoms with Crippen LogP contribution in [0.5, 0.6) is 0 Å². The molecular weight excluding hydrogens is 404 g/mol. The number of hydrogen-bond acceptors (Lipinski definition) is 5. The van der Waals surface area contributed by atoms with Crippen LogP contribution < -0.4 is 0 Å². The third-order valence-electron chi connectivity index (χ3n) is 9.85. The van der Waals surface area contributed by atoms with Gasteiger partial charge in [-0.15, -0.1) is 17.3 Å². The van der Waals surface area contributed by atoms with E-state index in [1.165, 1.54) is 5.57 Å². The highest BCUT2D eigenvalue weighted by Crippen LogP contribution is 2.74. The molecule has 0 amide bonds. The van der Waals surface area contributed by atoms with Gasteiger partial charge in [0.05, 0.1) is 11.0 Å². The molecule has 0 bridgehead atoms. The Morgan fingerprint density at radius 1 is 1.17 bits per heavy atom. The molecule has 2 spiro atoms. The van der Waals surface area contributed by atoms with Crippen molar-refractivity contribution in [3.8, 4) is 0 Å². The third-order valence-corrected chi connectivity index (χ3v) is 10.8. The van der Waals surface area contributed by atoms with Gasteiger partial charge in [-0.3, -0.25) is 0 Å². The lowest BCUT2D eigenvalue weighted by molar-refractivity contribution is -0.264. The largest absolute Gasteiger partial charge is 0.391 e. The molecule has 5 fully saturated rings. The number of fused-ring (bicyclic) bond motifs is 7. The maximum absolute atomic E-state index is 11.8. The van der Waals surface area contributed by atoms with Crippen LogP contribution in [0, 0.1) is 28.6 Å². The molecule has 1 N–H and O–H groups in total. The number of aliphatic hydroxyl groups excluding tert-OH is 1. The predicted molar refractivity (Wildman–Crippen MR) is 111 cm³/mol. The molecule has 1 unspecified atom stereocenters. The summed E-state index contributed by atoms with van der Waals surface area (Å²) in [6.07, 6.45) is 9.02. The van der Waals surface area contributed by atoms with Crippen molar-refractivity contribution in [2.75, 3.05) is 20.2 Å². The van der Waals surface area contributed by atoms with Crippen LogP contribution in [0.3, 0.4) is 0 Å². The van der Waals surface area contributed by atoms with Crippen molar-refractivity contribution < 1.29 is 24.1 Å². The first-order valence-electron chi connectivity index (χ1n) is 11.3. The predicted octanol–water partition coefficient (Wildman–Crippen LogP) is 3.90. The molecule has 5 nitrogen and oxygen atoms in total. The van der Waals surface area contributed by atoms with E-state index in [4.69, 9.17) is 30.5 Å². The SMILES string of the molecule is C[C@H]1C[C@H]2[C@@H]3CCC4=CC=C=C[C@]4(C)[C@@]3(Cl)[C@@H](O)C[C@]2(C)[C@]12OCOC21COCO1. The Balaban J connectivity index is 1.49. The van der Waals surface area contributed by atoms with Crippen LogP contribution in [0.2, 0.25) is 0 Å². The van der Waals surface area contributed by atoms with E-state index in [1.54, 1.807) is 0 Å². The van der Waals surface area contributed by atoms with Gasteiger partial charge in [-0.05, 0) is 62.5 Å². The summed E-state index contributed by atoms with van der Waals surface area (Å²) in [6.45, 7) is 7.47. The molecule has 30 heavy (non-hydrogen) atoms. The van der Waals surface area contributed by atoms with Crippen LogP contribution in [-0.4, -0.2) is 47.7 Å². The van der Waals surface area contributed by atoms with E-state index in [0.717, 1.165) is 19.3 Å². The molecule has 3 saturated carbocycles. The number of halogens is 1. The van der Waals surface area contributed by atoms with Crippen molar-refractivity contribution in [1.82, 2.24) is 0 Å². The van der Waals surface area contributed by atoms with Crippen molar-refractivity contribution in [2.45, 2.75) is 68.8 Å². The number of alkyl halides is 1. The molecule has 6 heteroatoms. The van der Waals surface area contributed by atoms with Gasteiger partial charge in [0.1, 0.15) is 12.2 Å². The van der Waals surface area contributed by atoms with Crippen molar-refractivity contribution >= 4 is 11.6 Å². The maximum atomic E-state index is 11.8. The first-order valence-corrected chi connectivity index (χ1v) is 11.6. The van der Waals surface area contributed by atoms with Crippen LogP contribution in [-0.2, 0) is 18.9 Å². The number of allylic oxidation sites excluding steroid dienone is 3. The van der Waals surface area contributed by atoms with Gasteiger partial charge in [0.2, 0.25) is 5.79 Å². The Kier molecular flexibility index (Phi) is 4.01. The fourth-order valence-electron chi connectivity index (χ4n) is 8.63. The Bertz CT molecular complexity index is 867. The summed E-state index contributed by atoms with van der Waals surface area (Å²) in [6, 6.07) is 0. The molecule has 2 aliphatic heterocycles. The summed E-state index contributed by atoms with van der Waals surface area (Å²) in [4.78, 5) is -0.757. The number of ether oxygens (including phenoxy) is 4. The standard InChI is InChI=1S/C24H31ClO5/c1-15-10-18-17-8-7-16-6-4-5-9-20(16,2)23(17,25)19(26)11-21(18,3)24(15)22(29-14-30-24)12-27-13-28-22/h4,6,9,15,17-19,26H,7-8,10-14H2,1-3H3/t15-,17-,18-,19-,20-,21-,22?,23-,24+/m0/s1. The minimum atomic E-state index is -0.904. The molecule has 2 heterocycles. The van der Waals surface area contributed by atoms with E-state index in [2.05, 4.69) is 38.7 Å². The summed E-state index contributed by atoms with van der Waals surface area (Å²) in [7, 11) is 0. The Labute approximate surface area is 183 Å². The Morgan fingerprint density at radius 3 is 2.73 bits per heavy atom. The van der Waals surface area contributed by atoms with Gasteiger partial charge in [0.15, 0.2) is 13.6 Å². The zero-order chi connectivity index (χ0) is 21.0. The zero-order valence-electron chi connectivity index (χ0n) is 17.9. The molecule has 164 valence electrons. The highest BCUT2D eigenvalue weighted by Gasteiger charge is 2.80. The fourth-order valence-corrected chi connectivity index (χ4v) is 9.15. The normalized spacial score (nSPS) is 58.8. The zero-order valence-corrected chi connectivity index (χ0v) is 18.7. The topological polar surface area (TPSA) is 57.2 Å². The van der Waals surface area contributed by atoms with E-state index < -0.39 is 27.8 Å². The average molecular weight is 435 g/mol. The molecule has 0 aromatic heterocycles. The van der Waals surface area contributed by atoms with Crippen molar-refractivity contribution in [2.24, 2.45) is 28.6 Å². The second-order valence-corrected chi connectivity index (χ2v) is 11.3. The smallest absolute Gasteiger partial charge is 0.227 e. The first-order chi connectivity index (χ1) is 14.3. The second kappa shape index (κ2) is 6.02. The Morgan fingerprint density at radius 2 is 1.97 bits per heavy atom. The molecule has 0 aromatic carbocycles. The van der Waals surface area contributed by atoms with E-state index >= 15 is 0 Å². The minimum Gasteiger partial charge on any atom is -0.391 e. The highest BCUT2D eigenvalue weighted by molar-refractivity contribution is 6.26. The van der Waals surface area contributed by atoms with Crippen LogP contribution in [0.4, 0.5) is 0 Å². The van der Waals surface area contributed by atoms with Crippen molar-refractivity contribution in [3.05, 3.63) is 29.5 Å². The van der Waals surface area contributed by atoms with Gasteiger partial charge >= 0.3 is 0 Å². The lowest BCUT2D eigenvalue weighted by Crippen LogP contribution is -2.71. The fraction of sp³-hybridized carbons (Fsp3) is 0.792. The lowest BCUT2D eigenvalue weighted by atomic mass is 9.45. The van der Waals surface area contributed by atoms with E-state index in [-0.39, 0.29) is 30.8 Å². The van der Waals surface area contributed by atoms with Crippen LogP contribution in [0.25, 0.3) is 0 Å². The van der Waals surface area contributed by atoms with Gasteiger partial charge in [-0.1, -0.05) is 25.5 Å². The third kappa shape index (κ3) is 1.92. The van der Waals surface area contributed by atoms with Crippen LogP contribution >= 0.6 is 11.6 Å². The molecule has 6 aliphatic rings. The van der Waals surface area contributed by atoms with Crippen LogP contribution in [0.15, 0.2) is 29.5 Å². The van der Waals surface area contributed by atoms with Crippen molar-refractivity contribution in [3.63, 3.8) is 0 Å². The second-order valence-electron chi connectivity index (χ2n) is 10.7. The Hall–Kier alpha value is -0.650. The minimum absolute atomic E-state index is 0.164. The van der Waals surface area contributed by atoms with Gasteiger partial charge < -0.3 is 24.1 Å². The van der Waals surface area contributed by atoms with Crippen molar-refractivity contribution in [1.29, 1.82) is 0 Å². The summed E-state index contributed by atoms with van der Waals surface area (Å²) >= 11 is 7.56.